The highest BCUT2D eigenvalue weighted by molar-refractivity contribution is 5.73. The van der Waals surface area contributed by atoms with Crippen molar-refractivity contribution in [3.63, 3.8) is 0 Å². The van der Waals surface area contributed by atoms with Gasteiger partial charge in [-0.25, -0.2) is 4.79 Å². The number of carboxylic acids is 1. The molecule has 0 aromatic rings. The number of aliphatic hydroxyl groups is 3. The lowest BCUT2D eigenvalue weighted by Crippen LogP contribution is -2.61. The van der Waals surface area contributed by atoms with Crippen LogP contribution in [0.15, 0.2) is 11.6 Å². The van der Waals surface area contributed by atoms with Gasteiger partial charge in [0.1, 0.15) is 18.3 Å². The van der Waals surface area contributed by atoms with Crippen LogP contribution < -0.4 is 0 Å². The predicted octanol–water partition coefficient (Wildman–Crippen LogP) is 1.55. The van der Waals surface area contributed by atoms with Gasteiger partial charge in [-0.05, 0) is 49.4 Å². The highest BCUT2D eigenvalue weighted by Gasteiger charge is 2.50. The number of rotatable bonds is 4. The van der Waals surface area contributed by atoms with E-state index in [4.69, 9.17) is 9.47 Å². The number of fused-ring (bicyclic) bond motifs is 1. The molecule has 0 aromatic heterocycles. The van der Waals surface area contributed by atoms with E-state index in [1.54, 1.807) is 0 Å². The van der Waals surface area contributed by atoms with E-state index in [2.05, 4.69) is 27.7 Å². The Morgan fingerprint density at radius 3 is 2.46 bits per heavy atom. The summed E-state index contributed by atoms with van der Waals surface area (Å²) in [5.74, 6) is 0.897. The monoisotopic (exact) mass is 398 g/mol. The molecule has 10 atom stereocenters. The molecule has 1 heterocycles. The van der Waals surface area contributed by atoms with E-state index in [0.717, 1.165) is 12.8 Å². The van der Waals surface area contributed by atoms with Crippen molar-refractivity contribution in [1.82, 2.24) is 0 Å². The molecule has 3 rings (SSSR count). The van der Waals surface area contributed by atoms with Gasteiger partial charge in [0, 0.05) is 0 Å². The van der Waals surface area contributed by atoms with Crippen molar-refractivity contribution < 1.29 is 34.7 Å². The van der Waals surface area contributed by atoms with Gasteiger partial charge in [0.05, 0.1) is 6.10 Å². The molecule has 1 aliphatic heterocycles. The molecule has 0 unspecified atom stereocenters. The summed E-state index contributed by atoms with van der Waals surface area (Å²) >= 11 is 0. The number of carbonyl (C=O) groups is 1. The van der Waals surface area contributed by atoms with E-state index < -0.39 is 36.7 Å². The lowest BCUT2D eigenvalue weighted by atomic mass is 9.58. The molecule has 0 bridgehead atoms. The third-order valence-corrected chi connectivity index (χ3v) is 7.00. The summed E-state index contributed by atoms with van der Waals surface area (Å²) < 4.78 is 11.5. The van der Waals surface area contributed by atoms with Crippen molar-refractivity contribution in [2.24, 2.45) is 29.6 Å². The number of aliphatic hydroxyl groups excluding tert-OH is 3. The van der Waals surface area contributed by atoms with Gasteiger partial charge in [-0.2, -0.15) is 0 Å². The van der Waals surface area contributed by atoms with Crippen molar-refractivity contribution in [3.05, 3.63) is 11.6 Å². The molecule has 0 amide bonds. The number of aliphatic carboxylic acids is 1. The van der Waals surface area contributed by atoms with Gasteiger partial charge >= 0.3 is 5.97 Å². The smallest absolute Gasteiger partial charge is 0.335 e. The molecule has 0 spiro atoms. The number of carboxylic acid groups (broad SMARTS) is 1. The molecule has 1 saturated heterocycles. The molecule has 0 aromatic carbocycles. The number of ether oxygens (including phenoxy) is 2. The van der Waals surface area contributed by atoms with Crippen molar-refractivity contribution in [2.75, 3.05) is 0 Å². The molecule has 2 fully saturated rings. The average molecular weight is 398 g/mol. The van der Waals surface area contributed by atoms with Crippen LogP contribution >= 0.6 is 0 Å². The SMILES string of the molecule is CC1=C[C@@H](O[C@@H]2O[C@H](C(=O)O)[C@@H](O)[C@H](O)[C@H]2O)[C@@H]2[C@@H](C1)[C@H](C(C)C)CC[C@@H]2C. The molecule has 3 aliphatic rings. The zero-order valence-electron chi connectivity index (χ0n) is 17.1. The van der Waals surface area contributed by atoms with Crippen LogP contribution in [0.4, 0.5) is 0 Å². The Kier molecular flexibility index (Phi) is 6.51. The summed E-state index contributed by atoms with van der Waals surface area (Å²) in [5.41, 5.74) is 1.21. The molecule has 7 nitrogen and oxygen atoms in total. The maximum Gasteiger partial charge on any atom is 0.335 e. The van der Waals surface area contributed by atoms with E-state index in [0.29, 0.717) is 23.7 Å². The Morgan fingerprint density at radius 1 is 1.18 bits per heavy atom. The summed E-state index contributed by atoms with van der Waals surface area (Å²) in [6.07, 6.45) is -2.78. The van der Waals surface area contributed by atoms with Crippen LogP contribution in [0.25, 0.3) is 0 Å². The topological polar surface area (TPSA) is 116 Å². The van der Waals surface area contributed by atoms with Crippen molar-refractivity contribution in [3.8, 4) is 0 Å². The zero-order chi connectivity index (χ0) is 20.7. The molecule has 0 radical (unpaired) electrons. The van der Waals surface area contributed by atoms with Crippen molar-refractivity contribution in [2.45, 2.75) is 83.8 Å². The minimum atomic E-state index is -1.71. The minimum Gasteiger partial charge on any atom is -0.479 e. The van der Waals surface area contributed by atoms with Crippen LogP contribution in [-0.4, -0.2) is 63.2 Å². The molecule has 28 heavy (non-hydrogen) atoms. The average Bonchev–Trinajstić information content (AvgIpc) is 2.61. The maximum absolute atomic E-state index is 11.4. The fraction of sp³-hybridized carbons (Fsp3) is 0.857. The van der Waals surface area contributed by atoms with Gasteiger partial charge in [0.2, 0.25) is 0 Å². The fourth-order valence-electron chi connectivity index (χ4n) is 5.53. The molecule has 7 heteroatoms. The molecular weight excluding hydrogens is 364 g/mol. The first kappa shape index (κ1) is 21.7. The Morgan fingerprint density at radius 2 is 1.86 bits per heavy atom. The lowest BCUT2D eigenvalue weighted by molar-refractivity contribution is -0.307. The second-order valence-corrected chi connectivity index (χ2v) is 9.26. The van der Waals surface area contributed by atoms with Crippen molar-refractivity contribution >= 4 is 5.97 Å². The number of hydrogen-bond donors (Lipinski definition) is 4. The van der Waals surface area contributed by atoms with E-state index in [1.165, 1.54) is 12.0 Å². The molecule has 4 N–H and O–H groups in total. The maximum atomic E-state index is 11.4. The number of allylic oxidation sites excluding steroid dienone is 1. The lowest BCUT2D eigenvalue weighted by Gasteiger charge is -2.50. The Hall–Kier alpha value is -0.990. The molecular formula is C21H34O7. The highest BCUT2D eigenvalue weighted by Crippen LogP contribution is 2.50. The van der Waals surface area contributed by atoms with Gasteiger partial charge in [-0.15, -0.1) is 0 Å². The van der Waals surface area contributed by atoms with E-state index in [9.17, 15) is 25.2 Å². The van der Waals surface area contributed by atoms with E-state index >= 15 is 0 Å². The van der Waals surface area contributed by atoms with Gasteiger partial charge in [0.25, 0.3) is 0 Å². The van der Waals surface area contributed by atoms with E-state index in [1.807, 2.05) is 6.08 Å². The molecule has 2 aliphatic carbocycles. The van der Waals surface area contributed by atoms with Crippen LogP contribution in [0, 0.1) is 29.6 Å². The van der Waals surface area contributed by atoms with Crippen LogP contribution in [-0.2, 0) is 14.3 Å². The second-order valence-electron chi connectivity index (χ2n) is 9.26. The van der Waals surface area contributed by atoms with Gasteiger partial charge in [-0.1, -0.05) is 38.8 Å². The van der Waals surface area contributed by atoms with E-state index in [-0.39, 0.29) is 12.0 Å². The predicted molar refractivity (Wildman–Crippen MR) is 101 cm³/mol. The Bertz CT molecular complexity index is 604. The Balaban J connectivity index is 1.83. The zero-order valence-corrected chi connectivity index (χ0v) is 17.1. The van der Waals surface area contributed by atoms with Crippen LogP contribution in [0.3, 0.4) is 0 Å². The summed E-state index contributed by atoms with van der Waals surface area (Å²) in [6.45, 7) is 8.80. The second kappa shape index (κ2) is 8.40. The summed E-state index contributed by atoms with van der Waals surface area (Å²) in [5, 5.41) is 39.6. The minimum absolute atomic E-state index is 0.243. The van der Waals surface area contributed by atoms with Crippen LogP contribution in [0.5, 0.6) is 0 Å². The third kappa shape index (κ3) is 4.00. The fourth-order valence-corrected chi connectivity index (χ4v) is 5.53. The summed E-state index contributed by atoms with van der Waals surface area (Å²) in [4.78, 5) is 11.4. The summed E-state index contributed by atoms with van der Waals surface area (Å²) in [7, 11) is 0. The first-order valence-corrected chi connectivity index (χ1v) is 10.4. The normalized spacial score (nSPS) is 46.8. The quantitative estimate of drug-likeness (QED) is 0.531. The van der Waals surface area contributed by atoms with Crippen LogP contribution in [0.1, 0.15) is 47.0 Å². The third-order valence-electron chi connectivity index (χ3n) is 7.00. The van der Waals surface area contributed by atoms with Crippen LogP contribution in [0.2, 0.25) is 0 Å². The number of hydrogen-bond acceptors (Lipinski definition) is 6. The van der Waals surface area contributed by atoms with Gasteiger partial charge < -0.3 is 29.9 Å². The molecule has 160 valence electrons. The van der Waals surface area contributed by atoms with Crippen molar-refractivity contribution in [1.29, 1.82) is 0 Å². The van der Waals surface area contributed by atoms with Gasteiger partial charge in [0.15, 0.2) is 12.4 Å². The first-order valence-electron chi connectivity index (χ1n) is 10.4. The standard InChI is InChI=1S/C21H34O7/c1-9(2)12-6-5-11(4)15-13(12)7-10(3)8-14(15)27-21-18(24)16(22)17(23)19(28-21)20(25)26/h8-9,11-19,21-24H,5-7H2,1-4H3,(H,25,26)/t11-,12-,13-,14+,15-,16-,17-,18+,19-,21+/m0/s1. The van der Waals surface area contributed by atoms with Gasteiger partial charge in [-0.3, -0.25) is 0 Å². The largest absolute Gasteiger partial charge is 0.479 e. The molecule has 1 saturated carbocycles. The first-order chi connectivity index (χ1) is 13.1. The highest BCUT2D eigenvalue weighted by atomic mass is 16.7. The Labute approximate surface area is 166 Å². The summed E-state index contributed by atoms with van der Waals surface area (Å²) in [6, 6.07) is 0.